The third-order valence-electron chi connectivity index (χ3n) is 5.10. The van der Waals surface area contributed by atoms with Gasteiger partial charge in [-0.3, -0.25) is 14.9 Å². The molecule has 2 heterocycles. The minimum atomic E-state index is -0.521. The Bertz CT molecular complexity index is 660. The van der Waals surface area contributed by atoms with Crippen LogP contribution in [0.15, 0.2) is 18.2 Å². The van der Waals surface area contributed by atoms with Gasteiger partial charge in [0.1, 0.15) is 5.75 Å². The highest BCUT2D eigenvalue weighted by Crippen LogP contribution is 2.31. The maximum Gasteiger partial charge on any atom is 0.311 e. The molecular formula is C17H24ClN3O5. The maximum atomic E-state index is 12.4. The molecule has 1 N–H and O–H groups in total. The zero-order chi connectivity index (χ0) is 18.0. The quantitative estimate of drug-likeness (QED) is 0.595. The van der Waals surface area contributed by atoms with E-state index in [1.807, 2.05) is 7.05 Å². The minimum absolute atomic E-state index is 0. The summed E-state index contributed by atoms with van der Waals surface area (Å²) in [6, 6.07) is 5.47. The van der Waals surface area contributed by atoms with Gasteiger partial charge in [0.25, 0.3) is 5.91 Å². The number of hydrogen-bond acceptors (Lipinski definition) is 6. The van der Waals surface area contributed by atoms with Crippen molar-refractivity contribution < 1.29 is 19.2 Å². The number of nitrogens with one attached hydrogen (secondary N) is 1. The van der Waals surface area contributed by atoms with Gasteiger partial charge >= 0.3 is 5.69 Å². The Labute approximate surface area is 158 Å². The summed E-state index contributed by atoms with van der Waals surface area (Å²) >= 11 is 0. The Morgan fingerprint density at radius 3 is 2.58 bits per heavy atom. The number of nitrogens with zero attached hydrogens (tertiary/aromatic N) is 2. The van der Waals surface area contributed by atoms with Gasteiger partial charge in [-0.25, -0.2) is 0 Å². The van der Waals surface area contributed by atoms with Gasteiger partial charge in [-0.05, 0) is 31.7 Å². The van der Waals surface area contributed by atoms with Crippen molar-refractivity contribution in [1.82, 2.24) is 10.2 Å². The molecule has 9 heteroatoms. The largest absolute Gasteiger partial charge is 0.490 e. The molecule has 0 saturated carbocycles. The van der Waals surface area contributed by atoms with E-state index in [1.165, 1.54) is 38.2 Å². The summed E-state index contributed by atoms with van der Waals surface area (Å²) in [7, 11) is 3.17. The van der Waals surface area contributed by atoms with Crippen molar-refractivity contribution in [2.24, 2.45) is 0 Å². The number of likely N-dealkylation sites (N-methyl/N-ethyl adjacent to an activating group) is 1. The lowest BCUT2D eigenvalue weighted by atomic mass is 9.98. The van der Waals surface area contributed by atoms with Crippen LogP contribution in [-0.2, 0) is 4.79 Å². The normalized spacial score (nSPS) is 23.7. The molecule has 2 bridgehead atoms. The number of rotatable bonds is 6. The molecule has 0 spiro atoms. The van der Waals surface area contributed by atoms with Gasteiger partial charge in [0, 0.05) is 37.3 Å². The second-order valence-corrected chi connectivity index (χ2v) is 6.65. The van der Waals surface area contributed by atoms with Crippen LogP contribution in [0.25, 0.3) is 0 Å². The zero-order valence-electron chi connectivity index (χ0n) is 14.8. The summed E-state index contributed by atoms with van der Waals surface area (Å²) in [5, 5.41) is 14.5. The predicted octanol–water partition coefficient (Wildman–Crippen LogP) is 2.15. The highest BCUT2D eigenvalue weighted by molar-refractivity contribution is 5.85. The van der Waals surface area contributed by atoms with E-state index in [1.54, 1.807) is 4.90 Å². The number of nitro benzene ring substituents is 1. The smallest absolute Gasteiger partial charge is 0.311 e. The molecule has 1 aromatic rings. The first-order chi connectivity index (χ1) is 12.0. The van der Waals surface area contributed by atoms with Gasteiger partial charge in [-0.15, -0.1) is 12.4 Å². The summed E-state index contributed by atoms with van der Waals surface area (Å²) in [4.78, 5) is 24.6. The third kappa shape index (κ3) is 4.37. The van der Waals surface area contributed by atoms with E-state index in [0.29, 0.717) is 17.8 Å². The van der Waals surface area contributed by atoms with Crippen LogP contribution in [0.3, 0.4) is 0 Å². The summed E-state index contributed by atoms with van der Waals surface area (Å²) in [6.07, 6.45) is 4.32. The molecular weight excluding hydrogens is 362 g/mol. The molecule has 0 aliphatic carbocycles. The zero-order valence-corrected chi connectivity index (χ0v) is 15.7. The van der Waals surface area contributed by atoms with Crippen LogP contribution in [0.1, 0.15) is 25.7 Å². The Kier molecular flexibility index (Phi) is 6.66. The Balaban J connectivity index is 0.00000243. The minimum Gasteiger partial charge on any atom is -0.490 e. The van der Waals surface area contributed by atoms with Crippen molar-refractivity contribution >= 4 is 24.0 Å². The standard InChI is InChI=1S/C17H23N3O5.ClH/c1-19(13-7-11-3-4-12(8-13)18-11)17(21)10-25-14-5-6-15(20(22)23)16(9-14)24-2;/h5-6,9,11-13,18H,3-4,7-8,10H2,1-2H3;1H. The van der Waals surface area contributed by atoms with Crippen molar-refractivity contribution in [3.63, 3.8) is 0 Å². The van der Waals surface area contributed by atoms with Crippen LogP contribution >= 0.6 is 12.4 Å². The van der Waals surface area contributed by atoms with Crippen LogP contribution in [0, 0.1) is 10.1 Å². The molecule has 2 atom stereocenters. The summed E-state index contributed by atoms with van der Waals surface area (Å²) in [6.45, 7) is -0.100. The average molecular weight is 386 g/mol. The van der Waals surface area contributed by atoms with Crippen molar-refractivity contribution in [3.8, 4) is 11.5 Å². The number of carbonyl (C=O) groups excluding carboxylic acids is 1. The molecule has 2 aliphatic heterocycles. The fraction of sp³-hybridized carbons (Fsp3) is 0.588. The topological polar surface area (TPSA) is 93.9 Å². The second kappa shape index (κ2) is 8.55. The van der Waals surface area contributed by atoms with Gasteiger partial charge in [0.05, 0.1) is 12.0 Å². The van der Waals surface area contributed by atoms with Gasteiger partial charge in [0.15, 0.2) is 6.61 Å². The maximum absolute atomic E-state index is 12.4. The van der Waals surface area contributed by atoms with E-state index in [9.17, 15) is 14.9 Å². The molecule has 2 fully saturated rings. The van der Waals surface area contributed by atoms with E-state index in [2.05, 4.69) is 5.32 Å². The number of ether oxygens (including phenoxy) is 2. The number of amides is 1. The summed E-state index contributed by atoms with van der Waals surface area (Å²) < 4.78 is 10.5. The van der Waals surface area contributed by atoms with Gasteiger partial charge in [-0.2, -0.15) is 0 Å². The van der Waals surface area contributed by atoms with Crippen LogP contribution in [0.2, 0.25) is 0 Å². The highest BCUT2D eigenvalue weighted by atomic mass is 35.5. The molecule has 2 unspecified atom stereocenters. The van der Waals surface area contributed by atoms with E-state index in [4.69, 9.17) is 9.47 Å². The van der Waals surface area contributed by atoms with Gasteiger partial charge in [0.2, 0.25) is 5.75 Å². The van der Waals surface area contributed by atoms with Crippen molar-refractivity contribution in [2.75, 3.05) is 20.8 Å². The Hall–Kier alpha value is -2.06. The number of methoxy groups -OCH3 is 1. The highest BCUT2D eigenvalue weighted by Gasteiger charge is 2.36. The molecule has 26 heavy (non-hydrogen) atoms. The molecule has 0 aromatic heterocycles. The third-order valence-corrected chi connectivity index (χ3v) is 5.10. The number of nitro groups is 1. The first kappa shape index (κ1) is 20.3. The number of halogens is 1. The molecule has 144 valence electrons. The number of fused-ring (bicyclic) bond motifs is 2. The average Bonchev–Trinajstić information content (AvgIpc) is 2.96. The summed E-state index contributed by atoms with van der Waals surface area (Å²) in [5.74, 6) is 0.386. The monoisotopic (exact) mass is 385 g/mol. The number of benzene rings is 1. The second-order valence-electron chi connectivity index (χ2n) is 6.65. The van der Waals surface area contributed by atoms with Crippen LogP contribution in [0.4, 0.5) is 5.69 Å². The molecule has 1 amide bonds. The van der Waals surface area contributed by atoms with Gasteiger partial charge < -0.3 is 19.7 Å². The fourth-order valence-electron chi connectivity index (χ4n) is 3.69. The molecule has 2 aliphatic rings. The lowest BCUT2D eigenvalue weighted by Gasteiger charge is -2.35. The molecule has 2 saturated heterocycles. The molecule has 0 radical (unpaired) electrons. The fourth-order valence-corrected chi connectivity index (χ4v) is 3.69. The predicted molar refractivity (Wildman–Crippen MR) is 98.1 cm³/mol. The van der Waals surface area contributed by atoms with E-state index in [-0.39, 0.29) is 42.4 Å². The van der Waals surface area contributed by atoms with Crippen LogP contribution < -0.4 is 14.8 Å². The van der Waals surface area contributed by atoms with E-state index >= 15 is 0 Å². The van der Waals surface area contributed by atoms with Crippen molar-refractivity contribution in [3.05, 3.63) is 28.3 Å². The van der Waals surface area contributed by atoms with Crippen molar-refractivity contribution in [1.29, 1.82) is 0 Å². The molecule has 1 aromatic carbocycles. The van der Waals surface area contributed by atoms with Crippen LogP contribution in [-0.4, -0.2) is 54.6 Å². The lowest BCUT2D eigenvalue weighted by Crippen LogP contribution is -2.49. The van der Waals surface area contributed by atoms with Gasteiger partial charge in [-0.1, -0.05) is 0 Å². The Morgan fingerprint density at radius 2 is 2.00 bits per heavy atom. The van der Waals surface area contributed by atoms with E-state index < -0.39 is 4.92 Å². The first-order valence-electron chi connectivity index (χ1n) is 8.45. The van der Waals surface area contributed by atoms with Crippen molar-refractivity contribution in [2.45, 2.75) is 43.8 Å². The first-order valence-corrected chi connectivity index (χ1v) is 8.45. The number of carbonyl (C=O) groups is 1. The molecule has 3 rings (SSSR count). The Morgan fingerprint density at radius 1 is 1.35 bits per heavy atom. The number of piperidine rings is 1. The SMILES string of the molecule is COc1cc(OCC(=O)N(C)C2CC3CCC(C2)N3)ccc1[N+](=O)[O-].Cl. The lowest BCUT2D eigenvalue weighted by molar-refractivity contribution is -0.385. The summed E-state index contributed by atoms with van der Waals surface area (Å²) in [5.41, 5.74) is -0.136. The van der Waals surface area contributed by atoms with Crippen LogP contribution in [0.5, 0.6) is 11.5 Å². The molecule has 8 nitrogen and oxygen atoms in total. The van der Waals surface area contributed by atoms with E-state index in [0.717, 1.165) is 12.8 Å². The number of hydrogen-bond donors (Lipinski definition) is 1.